The molecule has 1 atom stereocenters. The van der Waals surface area contributed by atoms with Gasteiger partial charge in [0.05, 0.1) is 0 Å². The minimum absolute atomic E-state index is 0.265. The normalized spacial score (nSPS) is 26.9. The lowest BCUT2D eigenvalue weighted by atomic mass is 9.74. The van der Waals surface area contributed by atoms with Gasteiger partial charge < -0.3 is 14.6 Å². The summed E-state index contributed by atoms with van der Waals surface area (Å²) in [7, 11) is 0. The van der Waals surface area contributed by atoms with Gasteiger partial charge in [-0.2, -0.15) is 8.78 Å². The minimum atomic E-state index is -3.51. The maximum absolute atomic E-state index is 14.0. The molecule has 0 aliphatic carbocycles. The van der Waals surface area contributed by atoms with Gasteiger partial charge in [0.15, 0.2) is 0 Å². The van der Waals surface area contributed by atoms with Gasteiger partial charge >= 0.3 is 5.92 Å². The van der Waals surface area contributed by atoms with E-state index in [1.807, 2.05) is 0 Å². The second-order valence-corrected chi connectivity index (χ2v) is 4.49. The lowest BCUT2D eigenvalue weighted by molar-refractivity contribution is -0.321. The van der Waals surface area contributed by atoms with Crippen molar-refractivity contribution in [3.05, 3.63) is 12.2 Å². The molecule has 0 fully saturated rings. The zero-order valence-corrected chi connectivity index (χ0v) is 9.87. The number of rotatable bonds is 3. The molecule has 1 aliphatic heterocycles. The predicted molar refractivity (Wildman–Crippen MR) is 55.9 cm³/mol. The summed E-state index contributed by atoms with van der Waals surface area (Å²) in [5.41, 5.74) is -3.64. The zero-order valence-electron chi connectivity index (χ0n) is 9.87. The average Bonchev–Trinajstić information content (AvgIpc) is 2.20. The van der Waals surface area contributed by atoms with Gasteiger partial charge in [0.2, 0.25) is 5.72 Å². The molecule has 0 saturated heterocycles. The van der Waals surface area contributed by atoms with Crippen molar-refractivity contribution in [2.75, 3.05) is 0 Å². The standard InChI is InChI=1S/C11H15F2NO3/c1-4-9(2,3)11(17-8(15)16)10(12,13)6-5-7-14-11/h5-7H,4H2,1-3H3,(H,15,16)/p-1. The van der Waals surface area contributed by atoms with Crippen LogP contribution in [-0.2, 0) is 4.74 Å². The third kappa shape index (κ3) is 2.03. The molecule has 1 rings (SSSR count). The van der Waals surface area contributed by atoms with Crippen molar-refractivity contribution in [3.63, 3.8) is 0 Å². The van der Waals surface area contributed by atoms with Crippen molar-refractivity contribution in [1.82, 2.24) is 0 Å². The first kappa shape index (κ1) is 13.6. The molecule has 0 radical (unpaired) electrons. The number of hydrogen-bond acceptors (Lipinski definition) is 4. The smallest absolute Gasteiger partial charge is 0.309 e. The number of halogens is 2. The van der Waals surface area contributed by atoms with E-state index in [4.69, 9.17) is 0 Å². The fourth-order valence-electron chi connectivity index (χ4n) is 1.73. The van der Waals surface area contributed by atoms with E-state index in [9.17, 15) is 18.7 Å². The van der Waals surface area contributed by atoms with Gasteiger partial charge in [0, 0.05) is 11.6 Å². The molecule has 0 amide bonds. The molecule has 17 heavy (non-hydrogen) atoms. The number of carbonyl (C=O) groups is 1. The Balaban J connectivity index is 3.33. The number of allylic oxidation sites excluding steroid dienone is 1. The third-order valence-corrected chi connectivity index (χ3v) is 3.13. The first-order valence-corrected chi connectivity index (χ1v) is 5.19. The Kier molecular flexibility index (Phi) is 3.27. The summed E-state index contributed by atoms with van der Waals surface area (Å²) in [6, 6.07) is 0. The van der Waals surface area contributed by atoms with Crippen LogP contribution in [0.4, 0.5) is 13.6 Å². The number of nitrogens with zero attached hydrogens (tertiary/aromatic N) is 1. The molecule has 4 nitrogen and oxygen atoms in total. The molecule has 1 aliphatic rings. The van der Waals surface area contributed by atoms with Crippen molar-refractivity contribution in [2.45, 2.75) is 38.8 Å². The highest BCUT2D eigenvalue weighted by atomic mass is 19.3. The Labute approximate surface area is 98.0 Å². The van der Waals surface area contributed by atoms with Crippen LogP contribution in [0.5, 0.6) is 0 Å². The number of carboxylic acid groups (broad SMARTS) is 1. The predicted octanol–water partition coefficient (Wildman–Crippen LogP) is 1.75. The summed E-state index contributed by atoms with van der Waals surface area (Å²) >= 11 is 0. The monoisotopic (exact) mass is 246 g/mol. The molecule has 6 heteroatoms. The van der Waals surface area contributed by atoms with Gasteiger partial charge in [-0.15, -0.1) is 0 Å². The summed E-state index contributed by atoms with van der Waals surface area (Å²) in [6.45, 7) is 4.60. The first-order valence-electron chi connectivity index (χ1n) is 5.19. The molecule has 0 N–H and O–H groups in total. The quantitative estimate of drug-likeness (QED) is 0.713. The van der Waals surface area contributed by atoms with Crippen LogP contribution in [0.2, 0.25) is 0 Å². The van der Waals surface area contributed by atoms with E-state index >= 15 is 0 Å². The van der Waals surface area contributed by atoms with Crippen LogP contribution < -0.4 is 5.11 Å². The largest absolute Gasteiger partial charge is 0.515 e. The summed E-state index contributed by atoms with van der Waals surface area (Å²) < 4.78 is 32.3. The Hall–Kier alpha value is -1.46. The SMILES string of the molecule is CCC(C)(C)C1(OC(=O)[O-])N=CC=CC1(F)F. The number of alkyl halides is 2. The van der Waals surface area contributed by atoms with Crippen molar-refractivity contribution >= 4 is 12.4 Å². The number of hydrogen-bond donors (Lipinski definition) is 0. The number of dihydropyridines is 1. The van der Waals surface area contributed by atoms with Crippen LogP contribution in [0.15, 0.2) is 17.1 Å². The van der Waals surface area contributed by atoms with Crippen molar-refractivity contribution < 1.29 is 23.4 Å². The van der Waals surface area contributed by atoms with E-state index in [1.54, 1.807) is 6.92 Å². The van der Waals surface area contributed by atoms with Gasteiger partial charge in [0.25, 0.3) is 6.16 Å². The number of aliphatic imine (C=N–C) groups is 1. The molecule has 0 aromatic heterocycles. The van der Waals surface area contributed by atoms with Gasteiger partial charge in [-0.05, 0) is 18.6 Å². The second kappa shape index (κ2) is 4.09. The van der Waals surface area contributed by atoms with E-state index in [2.05, 4.69) is 9.73 Å². The van der Waals surface area contributed by atoms with Crippen molar-refractivity contribution in [1.29, 1.82) is 0 Å². The van der Waals surface area contributed by atoms with E-state index < -0.39 is 23.2 Å². The molecule has 0 spiro atoms. The molecule has 0 aromatic rings. The summed E-state index contributed by atoms with van der Waals surface area (Å²) in [4.78, 5) is 14.1. The van der Waals surface area contributed by atoms with Crippen LogP contribution in [0.25, 0.3) is 0 Å². The highest BCUT2D eigenvalue weighted by Gasteiger charge is 2.60. The lowest BCUT2D eigenvalue weighted by Gasteiger charge is -2.49. The van der Waals surface area contributed by atoms with E-state index in [-0.39, 0.29) is 6.42 Å². The van der Waals surface area contributed by atoms with E-state index in [0.717, 1.165) is 12.3 Å². The van der Waals surface area contributed by atoms with Crippen molar-refractivity contribution in [3.8, 4) is 0 Å². The molecule has 1 heterocycles. The molecular weight excluding hydrogens is 232 g/mol. The van der Waals surface area contributed by atoms with Gasteiger partial charge in [0.1, 0.15) is 0 Å². The second-order valence-electron chi connectivity index (χ2n) is 4.49. The van der Waals surface area contributed by atoms with Crippen LogP contribution >= 0.6 is 0 Å². The molecule has 0 bridgehead atoms. The van der Waals surface area contributed by atoms with Gasteiger partial charge in [-0.25, -0.2) is 0 Å². The van der Waals surface area contributed by atoms with Gasteiger partial charge in [-0.1, -0.05) is 20.8 Å². The Morgan fingerprint density at radius 2 is 2.12 bits per heavy atom. The van der Waals surface area contributed by atoms with Gasteiger partial charge in [-0.3, -0.25) is 4.99 Å². The topological polar surface area (TPSA) is 61.7 Å². The van der Waals surface area contributed by atoms with Crippen LogP contribution in [0.1, 0.15) is 27.2 Å². The number of ether oxygens (including phenoxy) is 1. The van der Waals surface area contributed by atoms with E-state index in [1.165, 1.54) is 13.8 Å². The van der Waals surface area contributed by atoms with Crippen molar-refractivity contribution in [2.24, 2.45) is 10.4 Å². The fraction of sp³-hybridized carbons (Fsp3) is 0.636. The van der Waals surface area contributed by atoms with Crippen LogP contribution in [0.3, 0.4) is 0 Å². The zero-order chi connectivity index (χ0) is 13.3. The molecular formula is C11H14F2NO3-. The van der Waals surface area contributed by atoms with E-state index in [0.29, 0.717) is 6.08 Å². The first-order chi connectivity index (χ1) is 7.68. The highest BCUT2D eigenvalue weighted by molar-refractivity contribution is 5.74. The third-order valence-electron chi connectivity index (χ3n) is 3.13. The van der Waals surface area contributed by atoms with Crippen LogP contribution in [-0.4, -0.2) is 24.0 Å². The summed E-state index contributed by atoms with van der Waals surface area (Å²) in [6.07, 6.45) is 1.00. The average molecular weight is 246 g/mol. The summed E-state index contributed by atoms with van der Waals surface area (Å²) in [5, 5.41) is 10.6. The summed E-state index contributed by atoms with van der Waals surface area (Å²) in [5.74, 6) is -3.51. The lowest BCUT2D eigenvalue weighted by Crippen LogP contribution is -2.60. The minimum Gasteiger partial charge on any atom is -0.515 e. The molecule has 0 aromatic carbocycles. The molecule has 0 saturated carbocycles. The Morgan fingerprint density at radius 3 is 2.53 bits per heavy atom. The number of carbonyl (C=O) groups excluding carboxylic acids is 1. The highest BCUT2D eigenvalue weighted by Crippen LogP contribution is 2.50. The maximum atomic E-state index is 14.0. The van der Waals surface area contributed by atoms with Crippen LogP contribution in [0, 0.1) is 5.41 Å². The molecule has 1 unspecified atom stereocenters. The Morgan fingerprint density at radius 1 is 1.53 bits per heavy atom. The molecule has 96 valence electrons. The maximum Gasteiger partial charge on any atom is 0.309 e. The Bertz CT molecular complexity index is 377. The fourth-order valence-corrected chi connectivity index (χ4v) is 1.73.